The zero-order valence-electron chi connectivity index (χ0n) is 14.7. The van der Waals surface area contributed by atoms with Gasteiger partial charge in [0.1, 0.15) is 5.82 Å². The predicted molar refractivity (Wildman–Crippen MR) is 99.4 cm³/mol. The second kappa shape index (κ2) is 7.57. The SMILES string of the molecule is COCCNc1nc(-c2ccc(F)c3ccccc23)cc(C(C)C)n1. The fraction of sp³-hybridized carbons (Fsp3) is 0.300. The van der Waals surface area contributed by atoms with Crippen molar-refractivity contribution in [2.75, 3.05) is 25.6 Å². The van der Waals surface area contributed by atoms with E-state index in [4.69, 9.17) is 4.74 Å². The van der Waals surface area contributed by atoms with Gasteiger partial charge in [0.15, 0.2) is 0 Å². The first-order valence-electron chi connectivity index (χ1n) is 8.39. The summed E-state index contributed by atoms with van der Waals surface area (Å²) < 4.78 is 19.2. The Hall–Kier alpha value is -2.53. The molecular weight excluding hydrogens is 317 g/mol. The summed E-state index contributed by atoms with van der Waals surface area (Å²) >= 11 is 0. The van der Waals surface area contributed by atoms with Gasteiger partial charge in [-0.15, -0.1) is 0 Å². The van der Waals surface area contributed by atoms with E-state index in [2.05, 4.69) is 29.1 Å². The van der Waals surface area contributed by atoms with E-state index in [1.54, 1.807) is 19.2 Å². The molecule has 3 aromatic rings. The van der Waals surface area contributed by atoms with Crippen LogP contribution < -0.4 is 5.32 Å². The molecule has 0 aliphatic heterocycles. The lowest BCUT2D eigenvalue weighted by atomic mass is 10.00. The molecule has 0 saturated carbocycles. The van der Waals surface area contributed by atoms with Crippen LogP contribution in [0.4, 0.5) is 10.3 Å². The number of methoxy groups -OCH3 is 1. The summed E-state index contributed by atoms with van der Waals surface area (Å²) in [5, 5.41) is 4.63. The van der Waals surface area contributed by atoms with E-state index in [9.17, 15) is 4.39 Å². The Morgan fingerprint density at radius 2 is 1.84 bits per heavy atom. The van der Waals surface area contributed by atoms with Crippen molar-refractivity contribution in [3.05, 3.63) is 54.0 Å². The minimum Gasteiger partial charge on any atom is -0.383 e. The van der Waals surface area contributed by atoms with Crippen molar-refractivity contribution in [1.82, 2.24) is 9.97 Å². The van der Waals surface area contributed by atoms with E-state index in [0.29, 0.717) is 24.5 Å². The third-order valence-corrected chi connectivity index (χ3v) is 4.07. The molecule has 1 heterocycles. The van der Waals surface area contributed by atoms with E-state index in [0.717, 1.165) is 22.3 Å². The summed E-state index contributed by atoms with van der Waals surface area (Å²) in [7, 11) is 1.66. The summed E-state index contributed by atoms with van der Waals surface area (Å²) in [5.74, 6) is 0.596. The smallest absolute Gasteiger partial charge is 0.223 e. The molecule has 4 nitrogen and oxygen atoms in total. The number of hydrogen-bond donors (Lipinski definition) is 1. The Bertz CT molecular complexity index is 880. The molecular formula is C20H22FN3O. The summed E-state index contributed by atoms with van der Waals surface area (Å²) in [5.41, 5.74) is 2.63. The van der Waals surface area contributed by atoms with Crippen LogP contribution in [0.5, 0.6) is 0 Å². The fourth-order valence-corrected chi connectivity index (χ4v) is 2.73. The quantitative estimate of drug-likeness (QED) is 0.666. The van der Waals surface area contributed by atoms with Gasteiger partial charge in [0, 0.05) is 30.3 Å². The zero-order valence-corrected chi connectivity index (χ0v) is 14.7. The van der Waals surface area contributed by atoms with Crippen molar-refractivity contribution >= 4 is 16.7 Å². The first-order valence-corrected chi connectivity index (χ1v) is 8.39. The standard InChI is InChI=1S/C20H22FN3O/c1-13(2)18-12-19(24-20(23-18)22-10-11-25-3)16-8-9-17(21)15-7-5-4-6-14(15)16/h4-9,12-13H,10-11H2,1-3H3,(H,22,23,24). The van der Waals surface area contributed by atoms with Crippen molar-refractivity contribution in [3.63, 3.8) is 0 Å². The molecule has 0 unspecified atom stereocenters. The molecule has 1 aromatic heterocycles. The van der Waals surface area contributed by atoms with Crippen LogP contribution in [0, 0.1) is 5.82 Å². The maximum atomic E-state index is 14.1. The van der Waals surface area contributed by atoms with Crippen molar-refractivity contribution in [2.24, 2.45) is 0 Å². The third kappa shape index (κ3) is 3.77. The number of benzene rings is 2. The Labute approximate surface area is 147 Å². The summed E-state index contributed by atoms with van der Waals surface area (Å²) in [6, 6.07) is 12.7. The minimum atomic E-state index is -0.226. The molecule has 3 rings (SSSR count). The highest BCUT2D eigenvalue weighted by Crippen LogP contribution is 2.31. The zero-order chi connectivity index (χ0) is 17.8. The molecule has 0 fully saturated rings. The van der Waals surface area contributed by atoms with Gasteiger partial charge in [0.2, 0.25) is 5.95 Å². The van der Waals surface area contributed by atoms with E-state index in [1.165, 1.54) is 6.07 Å². The van der Waals surface area contributed by atoms with Gasteiger partial charge in [-0.2, -0.15) is 0 Å². The van der Waals surface area contributed by atoms with Crippen LogP contribution in [0.1, 0.15) is 25.5 Å². The average Bonchev–Trinajstić information content (AvgIpc) is 2.62. The molecule has 0 spiro atoms. The lowest BCUT2D eigenvalue weighted by Gasteiger charge is -2.13. The topological polar surface area (TPSA) is 47.0 Å². The normalized spacial score (nSPS) is 11.2. The molecule has 1 N–H and O–H groups in total. The number of hydrogen-bond acceptors (Lipinski definition) is 4. The van der Waals surface area contributed by atoms with Crippen LogP contribution >= 0.6 is 0 Å². The molecule has 25 heavy (non-hydrogen) atoms. The fourth-order valence-electron chi connectivity index (χ4n) is 2.73. The first-order chi connectivity index (χ1) is 12.1. The van der Waals surface area contributed by atoms with Gasteiger partial charge in [-0.1, -0.05) is 38.1 Å². The number of anilines is 1. The first kappa shape index (κ1) is 17.3. The summed E-state index contributed by atoms with van der Waals surface area (Å²) in [4.78, 5) is 9.21. The number of ether oxygens (including phenoxy) is 1. The molecule has 130 valence electrons. The minimum absolute atomic E-state index is 0.226. The van der Waals surface area contributed by atoms with E-state index in [-0.39, 0.29) is 11.7 Å². The Balaban J connectivity index is 2.11. The van der Waals surface area contributed by atoms with Crippen LogP contribution in [0.25, 0.3) is 22.0 Å². The highest BCUT2D eigenvalue weighted by Gasteiger charge is 2.13. The molecule has 0 aliphatic rings. The van der Waals surface area contributed by atoms with Crippen LogP contribution in [0.3, 0.4) is 0 Å². The maximum Gasteiger partial charge on any atom is 0.223 e. The molecule has 0 amide bonds. The molecule has 0 saturated heterocycles. The number of nitrogens with zero attached hydrogens (tertiary/aromatic N) is 2. The van der Waals surface area contributed by atoms with Crippen LogP contribution in [0.15, 0.2) is 42.5 Å². The van der Waals surface area contributed by atoms with Gasteiger partial charge >= 0.3 is 0 Å². The second-order valence-electron chi connectivity index (χ2n) is 6.22. The highest BCUT2D eigenvalue weighted by atomic mass is 19.1. The lowest BCUT2D eigenvalue weighted by molar-refractivity contribution is 0.210. The second-order valence-corrected chi connectivity index (χ2v) is 6.22. The number of fused-ring (bicyclic) bond motifs is 1. The molecule has 0 radical (unpaired) electrons. The average molecular weight is 339 g/mol. The van der Waals surface area contributed by atoms with Gasteiger partial charge in [0.25, 0.3) is 0 Å². The lowest BCUT2D eigenvalue weighted by Crippen LogP contribution is -2.12. The van der Waals surface area contributed by atoms with E-state index >= 15 is 0 Å². The van der Waals surface area contributed by atoms with Crippen molar-refractivity contribution in [3.8, 4) is 11.3 Å². The molecule has 0 atom stereocenters. The monoisotopic (exact) mass is 339 g/mol. The van der Waals surface area contributed by atoms with Gasteiger partial charge in [-0.25, -0.2) is 14.4 Å². The van der Waals surface area contributed by atoms with Crippen molar-refractivity contribution in [2.45, 2.75) is 19.8 Å². The van der Waals surface area contributed by atoms with Gasteiger partial charge in [-0.3, -0.25) is 0 Å². The Kier molecular flexibility index (Phi) is 5.24. The van der Waals surface area contributed by atoms with Crippen LogP contribution in [0.2, 0.25) is 0 Å². The molecule has 5 heteroatoms. The van der Waals surface area contributed by atoms with Crippen LogP contribution in [-0.2, 0) is 4.74 Å². The highest BCUT2D eigenvalue weighted by molar-refractivity contribution is 5.96. The largest absolute Gasteiger partial charge is 0.383 e. The number of nitrogens with one attached hydrogen (secondary N) is 1. The summed E-state index contributed by atoms with van der Waals surface area (Å²) in [6.07, 6.45) is 0. The van der Waals surface area contributed by atoms with Crippen LogP contribution in [-0.4, -0.2) is 30.2 Å². The van der Waals surface area contributed by atoms with Crippen molar-refractivity contribution < 1.29 is 9.13 Å². The van der Waals surface area contributed by atoms with E-state index in [1.807, 2.05) is 24.3 Å². The van der Waals surface area contributed by atoms with Gasteiger partial charge in [-0.05, 0) is 29.5 Å². The maximum absolute atomic E-state index is 14.1. The third-order valence-electron chi connectivity index (χ3n) is 4.07. The van der Waals surface area contributed by atoms with Gasteiger partial charge < -0.3 is 10.1 Å². The molecule has 0 bridgehead atoms. The Morgan fingerprint density at radius 3 is 2.56 bits per heavy atom. The number of halogens is 1. The Morgan fingerprint density at radius 1 is 1.08 bits per heavy atom. The molecule has 0 aliphatic carbocycles. The number of rotatable bonds is 6. The van der Waals surface area contributed by atoms with E-state index < -0.39 is 0 Å². The van der Waals surface area contributed by atoms with Gasteiger partial charge in [0.05, 0.1) is 12.3 Å². The molecule has 2 aromatic carbocycles. The van der Waals surface area contributed by atoms with Crippen molar-refractivity contribution in [1.29, 1.82) is 0 Å². The number of aromatic nitrogens is 2. The predicted octanol–water partition coefficient (Wildman–Crippen LogP) is 4.62. The summed E-state index contributed by atoms with van der Waals surface area (Å²) in [6.45, 7) is 5.38.